The molecule has 3 N–H and O–H groups in total. The highest BCUT2D eigenvalue weighted by Gasteiger charge is 2.44. The van der Waals surface area contributed by atoms with E-state index in [1.165, 1.54) is 6.07 Å². The first kappa shape index (κ1) is 22.1. The Morgan fingerprint density at radius 1 is 1.28 bits per heavy atom. The summed E-state index contributed by atoms with van der Waals surface area (Å²) in [6, 6.07) is 6.71. The summed E-state index contributed by atoms with van der Waals surface area (Å²) in [5.41, 5.74) is 0.913. The molecule has 1 fully saturated rings. The van der Waals surface area contributed by atoms with Crippen LogP contribution in [0.1, 0.15) is 25.3 Å². The SMILES string of the molecule is CCNC(=NCC1(c2cccc(F)c2)CC1)NCCNS(C)(=O)=O.I. The lowest BCUT2D eigenvalue weighted by molar-refractivity contribution is 0.586. The zero-order valence-electron chi connectivity index (χ0n) is 14.5. The largest absolute Gasteiger partial charge is 0.357 e. The fourth-order valence-electron chi connectivity index (χ4n) is 2.50. The van der Waals surface area contributed by atoms with Gasteiger partial charge < -0.3 is 10.6 Å². The van der Waals surface area contributed by atoms with Crippen LogP contribution in [0.25, 0.3) is 0 Å². The molecule has 0 aromatic heterocycles. The van der Waals surface area contributed by atoms with Crippen LogP contribution in [-0.4, -0.2) is 46.8 Å². The molecule has 1 saturated carbocycles. The van der Waals surface area contributed by atoms with Crippen molar-refractivity contribution in [2.24, 2.45) is 4.99 Å². The lowest BCUT2D eigenvalue weighted by atomic mass is 9.96. The number of halogens is 2. The lowest BCUT2D eigenvalue weighted by Crippen LogP contribution is -2.41. The highest BCUT2D eigenvalue weighted by molar-refractivity contribution is 14.0. The van der Waals surface area contributed by atoms with Crippen LogP contribution in [0.2, 0.25) is 0 Å². The van der Waals surface area contributed by atoms with Crippen LogP contribution in [0, 0.1) is 5.82 Å². The van der Waals surface area contributed by atoms with Gasteiger partial charge in [0.15, 0.2) is 5.96 Å². The van der Waals surface area contributed by atoms with Crippen molar-refractivity contribution in [3.05, 3.63) is 35.6 Å². The minimum Gasteiger partial charge on any atom is -0.357 e. The molecule has 6 nitrogen and oxygen atoms in total. The average Bonchev–Trinajstić information content (AvgIpc) is 3.29. The molecule has 142 valence electrons. The molecule has 9 heteroatoms. The summed E-state index contributed by atoms with van der Waals surface area (Å²) in [6.07, 6.45) is 3.12. The van der Waals surface area contributed by atoms with Crippen LogP contribution in [0.15, 0.2) is 29.3 Å². The molecule has 0 bridgehead atoms. The molecule has 0 amide bonds. The first-order valence-electron chi connectivity index (χ1n) is 8.07. The number of sulfonamides is 1. The maximum Gasteiger partial charge on any atom is 0.208 e. The van der Waals surface area contributed by atoms with Gasteiger partial charge >= 0.3 is 0 Å². The molecule has 1 aromatic carbocycles. The zero-order valence-corrected chi connectivity index (χ0v) is 17.7. The van der Waals surface area contributed by atoms with Gasteiger partial charge in [-0.05, 0) is 37.5 Å². The second-order valence-corrected chi connectivity index (χ2v) is 7.91. The predicted molar refractivity (Wildman–Crippen MR) is 110 cm³/mol. The molecule has 1 aliphatic rings. The van der Waals surface area contributed by atoms with Crippen molar-refractivity contribution in [1.29, 1.82) is 0 Å². The Labute approximate surface area is 166 Å². The molecule has 0 atom stereocenters. The molecule has 1 aliphatic carbocycles. The van der Waals surface area contributed by atoms with Gasteiger partial charge in [0.05, 0.1) is 12.8 Å². The molecule has 0 spiro atoms. The Morgan fingerprint density at radius 2 is 2.00 bits per heavy atom. The van der Waals surface area contributed by atoms with E-state index < -0.39 is 10.0 Å². The number of hydrogen-bond donors (Lipinski definition) is 3. The summed E-state index contributed by atoms with van der Waals surface area (Å²) >= 11 is 0. The molecule has 0 unspecified atom stereocenters. The minimum atomic E-state index is -3.19. The van der Waals surface area contributed by atoms with Crippen LogP contribution in [-0.2, 0) is 15.4 Å². The summed E-state index contributed by atoms with van der Waals surface area (Å²) in [6.45, 7) is 3.97. The molecular formula is C16H26FIN4O2S. The summed E-state index contributed by atoms with van der Waals surface area (Å²) in [5.74, 6) is 0.412. The molecule has 0 aliphatic heterocycles. The van der Waals surface area contributed by atoms with E-state index in [0.717, 1.165) is 24.7 Å². The number of aliphatic imine (C=N–C) groups is 1. The predicted octanol–water partition coefficient (Wildman–Crippen LogP) is 1.58. The fourth-order valence-corrected chi connectivity index (χ4v) is 2.97. The Hall–Kier alpha value is -0.940. The Kier molecular flexibility index (Phi) is 8.55. The number of nitrogens with one attached hydrogen (secondary N) is 3. The smallest absolute Gasteiger partial charge is 0.208 e. The number of nitrogens with zero attached hydrogens (tertiary/aromatic N) is 1. The maximum atomic E-state index is 13.4. The monoisotopic (exact) mass is 484 g/mol. The third-order valence-corrected chi connectivity index (χ3v) is 4.68. The van der Waals surface area contributed by atoms with E-state index in [0.29, 0.717) is 25.6 Å². The molecule has 2 rings (SSSR count). The first-order valence-corrected chi connectivity index (χ1v) is 9.97. The molecule has 0 heterocycles. The maximum absolute atomic E-state index is 13.4. The standard InChI is InChI=1S/C16H25FN4O2S.HI/c1-3-18-15(19-9-10-21-24(2,22)23)20-12-16(7-8-16)13-5-4-6-14(17)11-13;/h4-6,11,21H,3,7-10,12H2,1-2H3,(H2,18,19,20);1H. The first-order chi connectivity index (χ1) is 11.3. The summed E-state index contributed by atoms with van der Waals surface area (Å²) in [4.78, 5) is 4.58. The van der Waals surface area contributed by atoms with Gasteiger partial charge in [-0.15, -0.1) is 24.0 Å². The van der Waals surface area contributed by atoms with Gasteiger partial charge in [-0.25, -0.2) is 17.5 Å². The van der Waals surface area contributed by atoms with Crippen molar-refractivity contribution in [3.63, 3.8) is 0 Å². The molecule has 0 saturated heterocycles. The van der Waals surface area contributed by atoms with Crippen molar-refractivity contribution in [2.75, 3.05) is 32.4 Å². The van der Waals surface area contributed by atoms with E-state index in [2.05, 4.69) is 20.3 Å². The second-order valence-electron chi connectivity index (χ2n) is 6.08. The highest BCUT2D eigenvalue weighted by Crippen LogP contribution is 2.48. The van der Waals surface area contributed by atoms with Crippen molar-refractivity contribution in [3.8, 4) is 0 Å². The Bertz CT molecular complexity index is 693. The summed E-state index contributed by atoms with van der Waals surface area (Å²) in [5, 5.41) is 6.23. The number of benzene rings is 1. The van der Waals surface area contributed by atoms with E-state index in [9.17, 15) is 12.8 Å². The van der Waals surface area contributed by atoms with Crippen LogP contribution in [0.4, 0.5) is 4.39 Å². The van der Waals surface area contributed by atoms with Gasteiger partial charge in [0, 0.05) is 25.0 Å². The molecule has 25 heavy (non-hydrogen) atoms. The topological polar surface area (TPSA) is 82.6 Å². The van der Waals surface area contributed by atoms with Gasteiger partial charge in [0.1, 0.15) is 5.82 Å². The van der Waals surface area contributed by atoms with E-state index in [4.69, 9.17) is 0 Å². The summed E-state index contributed by atoms with van der Waals surface area (Å²) in [7, 11) is -3.19. The fraction of sp³-hybridized carbons (Fsp3) is 0.562. The minimum absolute atomic E-state index is 0. The molecule has 0 radical (unpaired) electrons. The van der Waals surface area contributed by atoms with Gasteiger partial charge in [-0.3, -0.25) is 4.99 Å². The third kappa shape index (κ3) is 7.45. The quantitative estimate of drug-likeness (QED) is 0.227. The van der Waals surface area contributed by atoms with Crippen LogP contribution >= 0.6 is 24.0 Å². The second kappa shape index (κ2) is 9.67. The number of rotatable bonds is 8. The van der Waals surface area contributed by atoms with Crippen LogP contribution in [0.5, 0.6) is 0 Å². The Morgan fingerprint density at radius 3 is 2.56 bits per heavy atom. The number of guanidine groups is 1. The van der Waals surface area contributed by atoms with Crippen LogP contribution in [0.3, 0.4) is 0 Å². The van der Waals surface area contributed by atoms with Crippen molar-refractivity contribution >= 4 is 40.0 Å². The Balaban J connectivity index is 0.00000312. The third-order valence-electron chi connectivity index (χ3n) is 3.96. The van der Waals surface area contributed by atoms with Crippen LogP contribution < -0.4 is 15.4 Å². The van der Waals surface area contributed by atoms with Crippen molar-refractivity contribution < 1.29 is 12.8 Å². The zero-order chi connectivity index (χ0) is 17.6. The van der Waals surface area contributed by atoms with Crippen molar-refractivity contribution in [1.82, 2.24) is 15.4 Å². The van der Waals surface area contributed by atoms with E-state index in [1.54, 1.807) is 12.1 Å². The molecular weight excluding hydrogens is 458 g/mol. The normalized spacial score (nSPS) is 16.0. The van der Waals surface area contributed by atoms with E-state index >= 15 is 0 Å². The van der Waals surface area contributed by atoms with Crippen molar-refractivity contribution in [2.45, 2.75) is 25.2 Å². The lowest BCUT2D eigenvalue weighted by Gasteiger charge is -2.16. The average molecular weight is 484 g/mol. The van der Waals surface area contributed by atoms with E-state index in [-0.39, 0.29) is 41.8 Å². The molecule has 1 aromatic rings. The van der Waals surface area contributed by atoms with Gasteiger partial charge in [-0.2, -0.15) is 0 Å². The highest BCUT2D eigenvalue weighted by atomic mass is 127. The van der Waals surface area contributed by atoms with Gasteiger partial charge in [0.2, 0.25) is 10.0 Å². The van der Waals surface area contributed by atoms with E-state index in [1.807, 2.05) is 13.0 Å². The van der Waals surface area contributed by atoms with Gasteiger partial charge in [0.25, 0.3) is 0 Å². The summed E-state index contributed by atoms with van der Waals surface area (Å²) < 4.78 is 37.9. The number of hydrogen-bond acceptors (Lipinski definition) is 3. The van der Waals surface area contributed by atoms with Gasteiger partial charge in [-0.1, -0.05) is 12.1 Å².